The van der Waals surface area contributed by atoms with Gasteiger partial charge in [0, 0.05) is 17.7 Å². The van der Waals surface area contributed by atoms with Crippen LogP contribution in [0.4, 0.5) is 0 Å². The molecule has 0 saturated carbocycles. The largest absolute Gasteiger partial charge is 0.465 e. The van der Waals surface area contributed by atoms with Crippen molar-refractivity contribution >= 4 is 17.6 Å². The molecular formula is C8H15ClO2. The Morgan fingerprint density at radius 3 is 2.45 bits per heavy atom. The molecule has 0 heterocycles. The molecule has 0 radical (unpaired) electrons. The minimum atomic E-state index is -0.164. The molecule has 3 heteroatoms. The van der Waals surface area contributed by atoms with E-state index in [9.17, 15) is 4.79 Å². The molecule has 0 aromatic rings. The van der Waals surface area contributed by atoms with Gasteiger partial charge in [0.1, 0.15) is 0 Å². The maximum absolute atomic E-state index is 10.7. The lowest BCUT2D eigenvalue weighted by atomic mass is 9.98. The first-order valence-corrected chi connectivity index (χ1v) is 4.27. The van der Waals surface area contributed by atoms with Gasteiger partial charge in [-0.15, -0.1) is 11.6 Å². The smallest absolute Gasteiger partial charge is 0.305 e. The third-order valence-corrected chi connectivity index (χ3v) is 2.00. The summed E-state index contributed by atoms with van der Waals surface area (Å²) in [6.45, 7) is 6.10. The highest BCUT2D eigenvalue weighted by atomic mass is 35.5. The molecule has 0 aromatic heterocycles. The molecule has 11 heavy (non-hydrogen) atoms. The molecule has 0 aromatic carbocycles. The summed E-state index contributed by atoms with van der Waals surface area (Å²) in [4.78, 5) is 10.7. The van der Waals surface area contributed by atoms with Gasteiger partial charge in [-0.25, -0.2) is 0 Å². The van der Waals surface area contributed by atoms with Gasteiger partial charge >= 0.3 is 5.97 Å². The van der Waals surface area contributed by atoms with E-state index in [1.54, 1.807) is 6.92 Å². The van der Waals surface area contributed by atoms with Crippen LogP contribution in [-0.2, 0) is 9.53 Å². The van der Waals surface area contributed by atoms with Crippen LogP contribution < -0.4 is 0 Å². The van der Waals surface area contributed by atoms with Crippen molar-refractivity contribution in [2.24, 2.45) is 5.41 Å². The molecule has 0 rings (SSSR count). The van der Waals surface area contributed by atoms with Crippen LogP contribution in [0, 0.1) is 5.41 Å². The van der Waals surface area contributed by atoms with Crippen LogP contribution in [0.1, 0.15) is 27.2 Å². The highest BCUT2D eigenvalue weighted by Gasteiger charge is 2.18. The third-order valence-electron chi connectivity index (χ3n) is 1.27. The first kappa shape index (κ1) is 10.8. The first-order valence-electron chi connectivity index (χ1n) is 3.73. The molecule has 0 aliphatic carbocycles. The Bertz CT molecular complexity index is 132. The van der Waals surface area contributed by atoms with Gasteiger partial charge in [-0.3, -0.25) is 4.79 Å². The maximum atomic E-state index is 10.7. The fourth-order valence-electron chi connectivity index (χ4n) is 0.417. The van der Waals surface area contributed by atoms with Crippen molar-refractivity contribution in [3.63, 3.8) is 0 Å². The van der Waals surface area contributed by atoms with E-state index in [1.165, 1.54) is 0 Å². The minimum absolute atomic E-state index is 0.105. The second-order valence-corrected chi connectivity index (χ2v) is 3.58. The lowest BCUT2D eigenvalue weighted by Crippen LogP contribution is -2.23. The molecule has 0 spiro atoms. The van der Waals surface area contributed by atoms with Crippen LogP contribution in [0.3, 0.4) is 0 Å². The topological polar surface area (TPSA) is 26.3 Å². The van der Waals surface area contributed by atoms with Crippen molar-refractivity contribution in [2.45, 2.75) is 27.2 Å². The standard InChI is InChI=1S/C8H15ClO2/c1-4-7(10)11-6-8(2,3)5-9/h4-6H2,1-3H3. The van der Waals surface area contributed by atoms with Gasteiger partial charge in [0.15, 0.2) is 0 Å². The van der Waals surface area contributed by atoms with Crippen LogP contribution in [0.5, 0.6) is 0 Å². The second kappa shape index (κ2) is 4.60. The number of hydrogen-bond donors (Lipinski definition) is 0. The summed E-state index contributed by atoms with van der Waals surface area (Å²) in [6, 6.07) is 0. The van der Waals surface area contributed by atoms with Crippen molar-refractivity contribution < 1.29 is 9.53 Å². The number of halogens is 1. The Balaban J connectivity index is 3.61. The molecule has 0 N–H and O–H groups in total. The number of rotatable bonds is 4. The predicted octanol–water partition coefficient (Wildman–Crippen LogP) is 2.20. The van der Waals surface area contributed by atoms with Crippen LogP contribution in [-0.4, -0.2) is 18.5 Å². The Morgan fingerprint density at radius 2 is 2.09 bits per heavy atom. The van der Waals surface area contributed by atoms with Gasteiger partial charge in [0.2, 0.25) is 0 Å². The summed E-state index contributed by atoms with van der Waals surface area (Å²) in [5.41, 5.74) is -0.105. The van der Waals surface area contributed by atoms with E-state index in [0.717, 1.165) is 0 Å². The van der Waals surface area contributed by atoms with Crippen molar-refractivity contribution in [3.05, 3.63) is 0 Å². The third kappa shape index (κ3) is 5.08. The van der Waals surface area contributed by atoms with E-state index in [1.807, 2.05) is 13.8 Å². The minimum Gasteiger partial charge on any atom is -0.465 e. The SMILES string of the molecule is CCC(=O)OCC(C)(C)CCl. The second-order valence-electron chi connectivity index (χ2n) is 3.31. The summed E-state index contributed by atoms with van der Waals surface area (Å²) < 4.78 is 4.92. The molecule has 0 atom stereocenters. The lowest BCUT2D eigenvalue weighted by molar-refractivity contribution is -0.145. The maximum Gasteiger partial charge on any atom is 0.305 e. The molecule has 0 amide bonds. The van der Waals surface area contributed by atoms with Gasteiger partial charge in [0.25, 0.3) is 0 Å². The summed E-state index contributed by atoms with van der Waals surface area (Å²) in [5.74, 6) is 0.340. The zero-order chi connectivity index (χ0) is 8.91. The Hall–Kier alpha value is -0.240. The average Bonchev–Trinajstić information content (AvgIpc) is 2.00. The summed E-state index contributed by atoms with van der Waals surface area (Å²) in [6.07, 6.45) is 0.429. The zero-order valence-corrected chi connectivity index (χ0v) is 8.07. The fourth-order valence-corrected chi connectivity index (χ4v) is 0.494. The van der Waals surface area contributed by atoms with E-state index in [-0.39, 0.29) is 11.4 Å². The van der Waals surface area contributed by atoms with Crippen LogP contribution in [0.25, 0.3) is 0 Å². The predicted molar refractivity (Wildman–Crippen MR) is 45.8 cm³/mol. The van der Waals surface area contributed by atoms with Gasteiger partial charge in [-0.2, -0.15) is 0 Å². The molecular weight excluding hydrogens is 164 g/mol. The Labute approximate surface area is 72.9 Å². The Kier molecular flexibility index (Phi) is 4.50. The monoisotopic (exact) mass is 178 g/mol. The fraction of sp³-hybridized carbons (Fsp3) is 0.875. The van der Waals surface area contributed by atoms with Crippen LogP contribution >= 0.6 is 11.6 Å². The molecule has 0 fully saturated rings. The normalized spacial score (nSPS) is 11.3. The van der Waals surface area contributed by atoms with E-state index >= 15 is 0 Å². The van der Waals surface area contributed by atoms with Crippen molar-refractivity contribution in [2.75, 3.05) is 12.5 Å². The van der Waals surface area contributed by atoms with Gasteiger partial charge in [-0.1, -0.05) is 20.8 Å². The van der Waals surface area contributed by atoms with Gasteiger partial charge in [-0.05, 0) is 0 Å². The van der Waals surface area contributed by atoms with Crippen molar-refractivity contribution in [1.29, 1.82) is 0 Å². The molecule has 66 valence electrons. The molecule has 0 saturated heterocycles. The zero-order valence-electron chi connectivity index (χ0n) is 7.32. The highest BCUT2D eigenvalue weighted by molar-refractivity contribution is 6.18. The first-order chi connectivity index (χ1) is 5.02. The molecule has 0 aliphatic heterocycles. The van der Waals surface area contributed by atoms with Gasteiger partial charge < -0.3 is 4.74 Å². The molecule has 0 bridgehead atoms. The number of carbonyl (C=O) groups is 1. The molecule has 2 nitrogen and oxygen atoms in total. The number of carbonyl (C=O) groups excluding carboxylic acids is 1. The Morgan fingerprint density at radius 1 is 1.55 bits per heavy atom. The van der Waals surface area contributed by atoms with Crippen LogP contribution in [0.2, 0.25) is 0 Å². The van der Waals surface area contributed by atoms with Crippen molar-refractivity contribution in [3.8, 4) is 0 Å². The highest BCUT2D eigenvalue weighted by Crippen LogP contribution is 2.17. The average molecular weight is 179 g/mol. The van der Waals surface area contributed by atoms with Gasteiger partial charge in [0.05, 0.1) is 6.61 Å². The quantitative estimate of drug-likeness (QED) is 0.488. The van der Waals surface area contributed by atoms with E-state index < -0.39 is 0 Å². The molecule has 0 unspecified atom stereocenters. The van der Waals surface area contributed by atoms with E-state index in [4.69, 9.17) is 16.3 Å². The number of alkyl halides is 1. The molecule has 0 aliphatic rings. The number of ether oxygens (including phenoxy) is 1. The van der Waals surface area contributed by atoms with E-state index in [2.05, 4.69) is 0 Å². The van der Waals surface area contributed by atoms with Crippen LogP contribution in [0.15, 0.2) is 0 Å². The number of esters is 1. The summed E-state index contributed by atoms with van der Waals surface area (Å²) >= 11 is 5.63. The number of hydrogen-bond acceptors (Lipinski definition) is 2. The summed E-state index contributed by atoms with van der Waals surface area (Å²) in [7, 11) is 0. The van der Waals surface area contributed by atoms with E-state index in [0.29, 0.717) is 18.9 Å². The lowest BCUT2D eigenvalue weighted by Gasteiger charge is -2.20. The summed E-state index contributed by atoms with van der Waals surface area (Å²) in [5, 5.41) is 0. The van der Waals surface area contributed by atoms with Crippen molar-refractivity contribution in [1.82, 2.24) is 0 Å².